The van der Waals surface area contributed by atoms with Crippen LogP contribution in [0, 0.1) is 5.92 Å². The third kappa shape index (κ3) is 2.84. The van der Waals surface area contributed by atoms with Crippen LogP contribution in [0.4, 0.5) is 0 Å². The molecule has 0 aromatic carbocycles. The Kier molecular flexibility index (Phi) is 4.00. The summed E-state index contributed by atoms with van der Waals surface area (Å²) in [5.41, 5.74) is 7.37. The molecule has 1 heterocycles. The number of nitrogens with zero attached hydrogens (tertiary/aromatic N) is 1. The molecule has 1 atom stereocenters. The van der Waals surface area contributed by atoms with Crippen molar-refractivity contribution < 1.29 is 0 Å². The first-order chi connectivity index (χ1) is 7.72. The van der Waals surface area contributed by atoms with Crippen LogP contribution in [0.15, 0.2) is 16.8 Å². The smallest absolute Gasteiger partial charge is 0.0248 e. The lowest BCUT2D eigenvalue weighted by Gasteiger charge is -2.33. The molecule has 90 valence electrons. The molecule has 1 saturated carbocycles. The first-order valence-corrected chi connectivity index (χ1v) is 7.13. The van der Waals surface area contributed by atoms with Crippen LogP contribution >= 0.6 is 11.3 Å². The van der Waals surface area contributed by atoms with Crippen molar-refractivity contribution in [1.29, 1.82) is 0 Å². The second-order valence-electron chi connectivity index (χ2n) is 5.08. The molecule has 1 aromatic rings. The first-order valence-electron chi connectivity index (χ1n) is 6.19. The maximum Gasteiger partial charge on any atom is 0.0248 e. The SMILES string of the molecule is CC(C)C(CN)N(Cc1ccsc1)C1CC1. The van der Waals surface area contributed by atoms with E-state index in [0.29, 0.717) is 12.0 Å². The molecule has 1 aliphatic rings. The molecule has 0 aliphatic heterocycles. The summed E-state index contributed by atoms with van der Waals surface area (Å²) < 4.78 is 0. The molecular formula is C13H22N2S. The average molecular weight is 238 g/mol. The van der Waals surface area contributed by atoms with Gasteiger partial charge in [0.1, 0.15) is 0 Å². The summed E-state index contributed by atoms with van der Waals surface area (Å²) in [5, 5.41) is 4.41. The lowest BCUT2D eigenvalue weighted by molar-refractivity contribution is 0.142. The minimum absolute atomic E-state index is 0.535. The zero-order valence-corrected chi connectivity index (χ0v) is 11.0. The van der Waals surface area contributed by atoms with Gasteiger partial charge in [-0.1, -0.05) is 13.8 Å². The van der Waals surface area contributed by atoms with Crippen LogP contribution in [0.5, 0.6) is 0 Å². The fourth-order valence-corrected chi connectivity index (χ4v) is 2.97. The van der Waals surface area contributed by atoms with Crippen LogP contribution < -0.4 is 5.73 Å². The Balaban J connectivity index is 2.04. The summed E-state index contributed by atoms with van der Waals surface area (Å²) in [7, 11) is 0. The Morgan fingerprint density at radius 2 is 2.25 bits per heavy atom. The maximum absolute atomic E-state index is 5.93. The largest absolute Gasteiger partial charge is 0.329 e. The highest BCUT2D eigenvalue weighted by atomic mass is 32.1. The normalized spacial score (nSPS) is 18.3. The zero-order chi connectivity index (χ0) is 11.5. The number of hydrogen-bond acceptors (Lipinski definition) is 3. The average Bonchev–Trinajstić information content (AvgIpc) is 2.96. The minimum atomic E-state index is 0.535. The Hall–Kier alpha value is -0.380. The van der Waals surface area contributed by atoms with Crippen LogP contribution in [0.1, 0.15) is 32.3 Å². The van der Waals surface area contributed by atoms with E-state index in [1.807, 2.05) is 0 Å². The van der Waals surface area contributed by atoms with Crippen molar-refractivity contribution >= 4 is 11.3 Å². The van der Waals surface area contributed by atoms with Gasteiger partial charge in [0.15, 0.2) is 0 Å². The Morgan fingerprint density at radius 3 is 2.69 bits per heavy atom. The molecular weight excluding hydrogens is 216 g/mol. The first kappa shape index (κ1) is 12.1. The highest BCUT2D eigenvalue weighted by molar-refractivity contribution is 7.07. The van der Waals surface area contributed by atoms with E-state index in [-0.39, 0.29) is 0 Å². The second kappa shape index (κ2) is 5.30. The predicted octanol–water partition coefficient (Wildman–Crippen LogP) is 2.70. The monoisotopic (exact) mass is 238 g/mol. The van der Waals surface area contributed by atoms with E-state index >= 15 is 0 Å². The highest BCUT2D eigenvalue weighted by Crippen LogP contribution is 2.32. The van der Waals surface area contributed by atoms with E-state index in [4.69, 9.17) is 5.73 Å². The molecule has 2 nitrogen and oxygen atoms in total. The maximum atomic E-state index is 5.93. The molecule has 0 spiro atoms. The van der Waals surface area contributed by atoms with Gasteiger partial charge in [-0.05, 0) is 41.1 Å². The van der Waals surface area contributed by atoms with Crippen molar-refractivity contribution in [3.05, 3.63) is 22.4 Å². The molecule has 2 N–H and O–H groups in total. The van der Waals surface area contributed by atoms with Gasteiger partial charge < -0.3 is 5.73 Å². The van der Waals surface area contributed by atoms with E-state index in [2.05, 4.69) is 35.6 Å². The fraction of sp³-hybridized carbons (Fsp3) is 0.692. The van der Waals surface area contributed by atoms with Crippen LogP contribution in [0.25, 0.3) is 0 Å². The van der Waals surface area contributed by atoms with Crippen molar-refractivity contribution in [2.24, 2.45) is 11.7 Å². The van der Waals surface area contributed by atoms with Gasteiger partial charge in [0.25, 0.3) is 0 Å². The third-order valence-corrected chi connectivity index (χ3v) is 4.13. The van der Waals surface area contributed by atoms with Gasteiger partial charge in [0.05, 0.1) is 0 Å². The van der Waals surface area contributed by atoms with Crippen LogP contribution in [-0.4, -0.2) is 23.5 Å². The van der Waals surface area contributed by atoms with E-state index in [1.54, 1.807) is 11.3 Å². The zero-order valence-electron chi connectivity index (χ0n) is 10.2. The summed E-state index contributed by atoms with van der Waals surface area (Å²) in [5.74, 6) is 0.643. The number of rotatable bonds is 6. The number of thiophene rings is 1. The van der Waals surface area contributed by atoms with E-state index in [9.17, 15) is 0 Å². The van der Waals surface area contributed by atoms with Crippen molar-refractivity contribution in [2.75, 3.05) is 6.54 Å². The molecule has 0 amide bonds. The van der Waals surface area contributed by atoms with Crippen LogP contribution in [-0.2, 0) is 6.54 Å². The molecule has 1 aliphatic carbocycles. The minimum Gasteiger partial charge on any atom is -0.329 e. The number of hydrogen-bond donors (Lipinski definition) is 1. The second-order valence-corrected chi connectivity index (χ2v) is 5.86. The lowest BCUT2D eigenvalue weighted by Crippen LogP contribution is -2.44. The van der Waals surface area contributed by atoms with Gasteiger partial charge in [-0.15, -0.1) is 0 Å². The summed E-state index contributed by atoms with van der Waals surface area (Å²) in [6.07, 6.45) is 2.71. The van der Waals surface area contributed by atoms with Gasteiger partial charge in [0, 0.05) is 25.2 Å². The summed E-state index contributed by atoms with van der Waals surface area (Å²) >= 11 is 1.78. The van der Waals surface area contributed by atoms with E-state index in [0.717, 1.165) is 19.1 Å². The van der Waals surface area contributed by atoms with E-state index in [1.165, 1.54) is 18.4 Å². The van der Waals surface area contributed by atoms with Crippen molar-refractivity contribution in [3.8, 4) is 0 Å². The van der Waals surface area contributed by atoms with Gasteiger partial charge in [0.2, 0.25) is 0 Å². The van der Waals surface area contributed by atoms with Gasteiger partial charge in [-0.25, -0.2) is 0 Å². The van der Waals surface area contributed by atoms with Crippen molar-refractivity contribution in [1.82, 2.24) is 4.90 Å². The topological polar surface area (TPSA) is 29.3 Å². The fourth-order valence-electron chi connectivity index (χ4n) is 2.31. The Labute approximate surface area is 102 Å². The van der Waals surface area contributed by atoms with Gasteiger partial charge in [-0.2, -0.15) is 11.3 Å². The van der Waals surface area contributed by atoms with Crippen LogP contribution in [0.3, 0.4) is 0 Å². The number of nitrogens with two attached hydrogens (primary N) is 1. The molecule has 2 rings (SSSR count). The molecule has 1 unspecified atom stereocenters. The molecule has 0 saturated heterocycles. The molecule has 1 fully saturated rings. The molecule has 0 bridgehead atoms. The summed E-state index contributed by atoms with van der Waals surface area (Å²) in [6.45, 7) is 6.41. The molecule has 16 heavy (non-hydrogen) atoms. The lowest BCUT2D eigenvalue weighted by atomic mass is 10.0. The Bertz CT molecular complexity index is 304. The summed E-state index contributed by atoms with van der Waals surface area (Å²) in [4.78, 5) is 2.62. The quantitative estimate of drug-likeness (QED) is 0.825. The standard InChI is InChI=1S/C13H22N2S/c1-10(2)13(7-14)15(12-3-4-12)8-11-5-6-16-9-11/h5-6,9-10,12-13H,3-4,7-8,14H2,1-2H3. The van der Waals surface area contributed by atoms with E-state index < -0.39 is 0 Å². The Morgan fingerprint density at radius 1 is 1.50 bits per heavy atom. The van der Waals surface area contributed by atoms with Crippen LogP contribution in [0.2, 0.25) is 0 Å². The summed E-state index contributed by atoms with van der Waals surface area (Å²) in [6, 6.07) is 3.55. The molecule has 3 heteroatoms. The molecule has 0 radical (unpaired) electrons. The molecule has 1 aromatic heterocycles. The predicted molar refractivity (Wildman–Crippen MR) is 70.6 cm³/mol. The highest BCUT2D eigenvalue weighted by Gasteiger charge is 2.34. The van der Waals surface area contributed by atoms with Gasteiger partial charge >= 0.3 is 0 Å². The third-order valence-electron chi connectivity index (χ3n) is 3.40. The van der Waals surface area contributed by atoms with Crippen molar-refractivity contribution in [3.63, 3.8) is 0 Å². The van der Waals surface area contributed by atoms with Crippen molar-refractivity contribution in [2.45, 2.75) is 45.3 Å². The van der Waals surface area contributed by atoms with Gasteiger partial charge in [-0.3, -0.25) is 4.90 Å².